The van der Waals surface area contributed by atoms with Crippen molar-refractivity contribution >= 4 is 28.3 Å². The Kier molecular flexibility index (Phi) is 3.62. The highest BCUT2D eigenvalue weighted by Gasteiger charge is 2.52. The second-order valence-electron chi connectivity index (χ2n) is 6.02. The Morgan fingerprint density at radius 3 is 2.29 bits per heavy atom. The van der Waals surface area contributed by atoms with Crippen molar-refractivity contribution in [2.75, 3.05) is 0 Å². The van der Waals surface area contributed by atoms with Gasteiger partial charge in [-0.1, -0.05) is 33.2 Å². The van der Waals surface area contributed by atoms with Crippen molar-refractivity contribution in [3.63, 3.8) is 0 Å². The van der Waals surface area contributed by atoms with Gasteiger partial charge in [0.05, 0.1) is 11.0 Å². The molecule has 0 amide bonds. The first-order valence-corrected chi connectivity index (χ1v) is 7.81. The minimum absolute atomic E-state index is 0. The molecule has 4 nitrogen and oxygen atoms in total. The highest BCUT2D eigenvalue weighted by Crippen LogP contribution is 2.53. The number of benzene rings is 1. The lowest BCUT2D eigenvalue weighted by molar-refractivity contribution is 0.228. The molecule has 1 aromatic carbocycles. The molecule has 21 heavy (non-hydrogen) atoms. The van der Waals surface area contributed by atoms with E-state index in [1.165, 1.54) is 5.56 Å². The van der Waals surface area contributed by atoms with Crippen LogP contribution in [0.2, 0.25) is 0 Å². The normalized spacial score (nSPS) is 21.2. The predicted octanol–water partition coefficient (Wildman–Crippen LogP) is 3.67. The van der Waals surface area contributed by atoms with Gasteiger partial charge in [-0.25, -0.2) is 0 Å². The molecular weight excluding hydrogens is 354 g/mol. The summed E-state index contributed by atoms with van der Waals surface area (Å²) < 4.78 is 6.63. The maximum atomic E-state index is 6.27. The largest absolute Gasteiger partial charge is 0.338 e. The maximum Gasteiger partial charge on any atom is 0.237 e. The molecule has 2 aromatic rings. The summed E-state index contributed by atoms with van der Waals surface area (Å²) >= 11 is 3.47. The van der Waals surface area contributed by atoms with E-state index < -0.39 is 0 Å². The molecule has 4 rings (SSSR count). The summed E-state index contributed by atoms with van der Waals surface area (Å²) in [5.41, 5.74) is 7.09. The molecule has 0 bridgehead atoms. The molecule has 0 spiro atoms. The number of nitrogens with two attached hydrogens (primary N) is 1. The van der Waals surface area contributed by atoms with Crippen molar-refractivity contribution in [1.29, 1.82) is 0 Å². The van der Waals surface area contributed by atoms with Crippen LogP contribution in [0.25, 0.3) is 0 Å². The van der Waals surface area contributed by atoms with E-state index >= 15 is 0 Å². The molecule has 0 aliphatic heterocycles. The zero-order chi connectivity index (χ0) is 13.8. The van der Waals surface area contributed by atoms with Crippen LogP contribution in [0, 0.1) is 0 Å². The van der Waals surface area contributed by atoms with Gasteiger partial charge in [0.25, 0.3) is 0 Å². The van der Waals surface area contributed by atoms with E-state index in [1.54, 1.807) is 0 Å². The quantitative estimate of drug-likeness (QED) is 0.895. The number of hydrogen-bond donors (Lipinski definition) is 1. The molecule has 0 saturated heterocycles. The Labute approximate surface area is 138 Å². The Morgan fingerprint density at radius 1 is 1.10 bits per heavy atom. The average molecular weight is 371 g/mol. The molecule has 1 aromatic heterocycles. The molecule has 0 atom stereocenters. The molecule has 2 aliphatic rings. The van der Waals surface area contributed by atoms with Gasteiger partial charge in [-0.05, 0) is 49.8 Å². The van der Waals surface area contributed by atoms with Crippen molar-refractivity contribution in [3.8, 4) is 0 Å². The summed E-state index contributed by atoms with van der Waals surface area (Å²) in [4.78, 5) is 4.62. The van der Waals surface area contributed by atoms with Crippen LogP contribution in [-0.2, 0) is 11.0 Å². The van der Waals surface area contributed by atoms with Crippen LogP contribution in [0.3, 0.4) is 0 Å². The van der Waals surface area contributed by atoms with Gasteiger partial charge in [-0.3, -0.25) is 0 Å². The van der Waals surface area contributed by atoms with E-state index in [-0.39, 0.29) is 23.4 Å². The Hall–Kier alpha value is -0.910. The summed E-state index contributed by atoms with van der Waals surface area (Å²) in [6.45, 7) is 0. The number of nitrogens with zero attached hydrogens (tertiary/aromatic N) is 2. The van der Waals surface area contributed by atoms with E-state index in [4.69, 9.17) is 10.3 Å². The van der Waals surface area contributed by atoms with Gasteiger partial charge < -0.3 is 10.3 Å². The first-order valence-electron chi connectivity index (χ1n) is 7.02. The zero-order valence-corrected chi connectivity index (χ0v) is 13.9. The third kappa shape index (κ3) is 2.31. The third-order valence-corrected chi connectivity index (χ3v) is 5.20. The molecule has 2 aliphatic carbocycles. The molecule has 1 heterocycles. The van der Waals surface area contributed by atoms with E-state index in [2.05, 4.69) is 50.3 Å². The second-order valence-corrected chi connectivity index (χ2v) is 6.94. The SMILES string of the molecule is Cl.NC1(c2noc(C3(c4ccc(Br)cc4)CC3)n2)CCC1. The Balaban J connectivity index is 0.00000132. The molecular formula is C15H17BrClN3O. The second kappa shape index (κ2) is 5.07. The molecule has 2 N–H and O–H groups in total. The summed E-state index contributed by atoms with van der Waals surface area (Å²) in [5, 5.41) is 4.14. The number of halogens is 2. The number of rotatable bonds is 3. The fourth-order valence-electron chi connectivity index (χ4n) is 2.92. The number of hydrogen-bond acceptors (Lipinski definition) is 4. The van der Waals surface area contributed by atoms with Crippen molar-refractivity contribution in [3.05, 3.63) is 46.0 Å². The van der Waals surface area contributed by atoms with Crippen LogP contribution in [-0.4, -0.2) is 10.1 Å². The van der Waals surface area contributed by atoms with E-state index in [1.807, 2.05) is 0 Å². The smallest absolute Gasteiger partial charge is 0.237 e. The lowest BCUT2D eigenvalue weighted by Gasteiger charge is -2.34. The monoisotopic (exact) mass is 369 g/mol. The fraction of sp³-hybridized carbons (Fsp3) is 0.467. The minimum atomic E-state index is -0.350. The summed E-state index contributed by atoms with van der Waals surface area (Å²) in [5.74, 6) is 1.41. The molecule has 0 radical (unpaired) electrons. The topological polar surface area (TPSA) is 64.9 Å². The number of aromatic nitrogens is 2. The standard InChI is InChI=1S/C15H16BrN3O.ClH/c16-11-4-2-10(3-5-11)14(8-9-14)13-18-12(19-20-13)15(17)6-1-7-15;/h2-5H,1,6-9,17H2;1H. The van der Waals surface area contributed by atoms with E-state index in [0.717, 1.165) is 42.5 Å². The average Bonchev–Trinajstić information content (AvgIpc) is 3.07. The minimum Gasteiger partial charge on any atom is -0.338 e. The van der Waals surface area contributed by atoms with Gasteiger partial charge in [-0.15, -0.1) is 12.4 Å². The Bertz CT molecular complexity index is 647. The first kappa shape index (κ1) is 15.0. The summed E-state index contributed by atoms with van der Waals surface area (Å²) in [6.07, 6.45) is 5.19. The van der Waals surface area contributed by atoms with Gasteiger partial charge in [0, 0.05) is 4.47 Å². The van der Waals surface area contributed by atoms with Crippen LogP contribution >= 0.6 is 28.3 Å². The molecule has 2 fully saturated rings. The first-order chi connectivity index (χ1) is 9.62. The van der Waals surface area contributed by atoms with Gasteiger partial charge in [0.2, 0.25) is 5.89 Å². The van der Waals surface area contributed by atoms with E-state index in [0.29, 0.717) is 5.82 Å². The van der Waals surface area contributed by atoms with Crippen LogP contribution in [0.4, 0.5) is 0 Å². The zero-order valence-electron chi connectivity index (χ0n) is 11.5. The molecule has 6 heteroatoms. The Morgan fingerprint density at radius 2 is 1.76 bits per heavy atom. The lowest BCUT2D eigenvalue weighted by Crippen LogP contribution is -2.44. The highest BCUT2D eigenvalue weighted by molar-refractivity contribution is 9.10. The van der Waals surface area contributed by atoms with Crippen molar-refractivity contribution in [2.45, 2.75) is 43.1 Å². The third-order valence-electron chi connectivity index (χ3n) is 4.67. The predicted molar refractivity (Wildman–Crippen MR) is 85.4 cm³/mol. The molecule has 0 unspecified atom stereocenters. The molecule has 2 saturated carbocycles. The maximum absolute atomic E-state index is 6.27. The van der Waals surface area contributed by atoms with Gasteiger partial charge in [0.15, 0.2) is 5.82 Å². The van der Waals surface area contributed by atoms with Crippen molar-refractivity contribution < 1.29 is 4.52 Å². The van der Waals surface area contributed by atoms with Crippen LogP contribution in [0.1, 0.15) is 49.4 Å². The fourth-order valence-corrected chi connectivity index (χ4v) is 3.19. The van der Waals surface area contributed by atoms with Gasteiger partial charge >= 0.3 is 0 Å². The van der Waals surface area contributed by atoms with Crippen LogP contribution in [0.5, 0.6) is 0 Å². The summed E-state index contributed by atoms with van der Waals surface area (Å²) in [6, 6.07) is 8.37. The lowest BCUT2D eigenvalue weighted by atomic mass is 9.77. The van der Waals surface area contributed by atoms with Gasteiger partial charge in [-0.2, -0.15) is 4.98 Å². The van der Waals surface area contributed by atoms with Crippen LogP contribution in [0.15, 0.2) is 33.3 Å². The van der Waals surface area contributed by atoms with Crippen molar-refractivity contribution in [2.24, 2.45) is 5.73 Å². The van der Waals surface area contributed by atoms with E-state index in [9.17, 15) is 0 Å². The molecule has 112 valence electrons. The highest BCUT2D eigenvalue weighted by atomic mass is 79.9. The van der Waals surface area contributed by atoms with Crippen molar-refractivity contribution in [1.82, 2.24) is 10.1 Å². The summed E-state index contributed by atoms with van der Waals surface area (Å²) in [7, 11) is 0. The van der Waals surface area contributed by atoms with Crippen LogP contribution < -0.4 is 5.73 Å². The van der Waals surface area contributed by atoms with Gasteiger partial charge in [0.1, 0.15) is 0 Å².